The molecule has 0 aromatic heterocycles. The summed E-state index contributed by atoms with van der Waals surface area (Å²) in [6.07, 6.45) is 2.96. The Morgan fingerprint density at radius 1 is 1.29 bits per heavy atom. The van der Waals surface area contributed by atoms with Crippen LogP contribution in [0.5, 0.6) is 0 Å². The average Bonchev–Trinajstić information content (AvgIpc) is 2.32. The predicted octanol–water partition coefficient (Wildman–Crippen LogP) is 3.13. The second kappa shape index (κ2) is 4.52. The van der Waals surface area contributed by atoms with E-state index in [1.807, 2.05) is 6.92 Å². The standard InChI is InChI=1S/C15H20O2/c1-9-4-5-10(2)14-8-12(6-7-13(9)14)11(3)15(16)17/h4-5,11-12H,6-8H2,1-3H3,(H,16,17)/t11-,12+/m0/s1. The van der Waals surface area contributed by atoms with Gasteiger partial charge in [-0.1, -0.05) is 19.1 Å². The number of carboxylic acid groups (broad SMARTS) is 1. The van der Waals surface area contributed by atoms with Gasteiger partial charge in [-0.05, 0) is 61.3 Å². The Morgan fingerprint density at radius 2 is 1.88 bits per heavy atom. The molecule has 1 aliphatic rings. The van der Waals surface area contributed by atoms with Crippen LogP contribution in [0.2, 0.25) is 0 Å². The van der Waals surface area contributed by atoms with E-state index in [1.165, 1.54) is 22.3 Å². The molecule has 0 bridgehead atoms. The molecule has 0 spiro atoms. The van der Waals surface area contributed by atoms with E-state index in [2.05, 4.69) is 26.0 Å². The van der Waals surface area contributed by atoms with E-state index in [0.29, 0.717) is 5.92 Å². The van der Waals surface area contributed by atoms with Crippen molar-refractivity contribution in [3.8, 4) is 0 Å². The molecule has 0 aliphatic heterocycles. The molecular formula is C15H20O2. The molecular weight excluding hydrogens is 212 g/mol. The molecule has 92 valence electrons. The van der Waals surface area contributed by atoms with Gasteiger partial charge in [0.2, 0.25) is 0 Å². The van der Waals surface area contributed by atoms with E-state index in [9.17, 15) is 4.79 Å². The maximum absolute atomic E-state index is 11.1. The van der Waals surface area contributed by atoms with Gasteiger partial charge in [0, 0.05) is 0 Å². The molecule has 1 aromatic rings. The molecule has 0 radical (unpaired) electrons. The van der Waals surface area contributed by atoms with E-state index < -0.39 is 5.97 Å². The lowest BCUT2D eigenvalue weighted by atomic mass is 9.75. The predicted molar refractivity (Wildman–Crippen MR) is 68.2 cm³/mol. The van der Waals surface area contributed by atoms with E-state index in [-0.39, 0.29) is 5.92 Å². The van der Waals surface area contributed by atoms with Crippen LogP contribution in [-0.2, 0) is 17.6 Å². The Kier molecular flexibility index (Phi) is 3.23. The van der Waals surface area contributed by atoms with Crippen molar-refractivity contribution in [2.75, 3.05) is 0 Å². The van der Waals surface area contributed by atoms with Crippen LogP contribution in [-0.4, -0.2) is 11.1 Å². The minimum absolute atomic E-state index is 0.233. The highest BCUT2D eigenvalue weighted by molar-refractivity contribution is 5.70. The van der Waals surface area contributed by atoms with Gasteiger partial charge in [-0.25, -0.2) is 0 Å². The second-order valence-electron chi connectivity index (χ2n) is 5.29. The first-order valence-electron chi connectivity index (χ1n) is 6.31. The third kappa shape index (κ3) is 2.21. The smallest absolute Gasteiger partial charge is 0.306 e. The fourth-order valence-corrected chi connectivity index (χ4v) is 2.88. The first-order valence-corrected chi connectivity index (χ1v) is 6.31. The van der Waals surface area contributed by atoms with Crippen LogP contribution in [0.4, 0.5) is 0 Å². The van der Waals surface area contributed by atoms with Crippen molar-refractivity contribution in [3.63, 3.8) is 0 Å². The zero-order valence-electron chi connectivity index (χ0n) is 10.8. The molecule has 1 N–H and O–H groups in total. The van der Waals surface area contributed by atoms with Crippen molar-refractivity contribution >= 4 is 5.97 Å². The van der Waals surface area contributed by atoms with Crippen LogP contribution in [0.15, 0.2) is 12.1 Å². The summed E-state index contributed by atoms with van der Waals surface area (Å²) in [6, 6.07) is 4.33. The molecule has 0 saturated heterocycles. The van der Waals surface area contributed by atoms with Crippen LogP contribution in [0.3, 0.4) is 0 Å². The van der Waals surface area contributed by atoms with Crippen molar-refractivity contribution < 1.29 is 9.90 Å². The van der Waals surface area contributed by atoms with Gasteiger partial charge >= 0.3 is 5.97 Å². The van der Waals surface area contributed by atoms with Crippen molar-refractivity contribution in [1.29, 1.82) is 0 Å². The van der Waals surface area contributed by atoms with Crippen LogP contribution >= 0.6 is 0 Å². The first-order chi connectivity index (χ1) is 8.00. The van der Waals surface area contributed by atoms with Crippen LogP contribution in [0.1, 0.15) is 35.6 Å². The molecule has 2 rings (SSSR count). The topological polar surface area (TPSA) is 37.3 Å². The van der Waals surface area contributed by atoms with Crippen molar-refractivity contribution in [3.05, 3.63) is 34.4 Å². The lowest BCUT2D eigenvalue weighted by Gasteiger charge is -2.29. The largest absolute Gasteiger partial charge is 0.481 e. The number of fused-ring (bicyclic) bond motifs is 1. The first kappa shape index (κ1) is 12.2. The maximum atomic E-state index is 11.1. The molecule has 0 unspecified atom stereocenters. The van der Waals surface area contributed by atoms with E-state index in [4.69, 9.17) is 5.11 Å². The summed E-state index contributed by atoms with van der Waals surface area (Å²) >= 11 is 0. The molecule has 1 aliphatic carbocycles. The molecule has 0 fully saturated rings. The third-order valence-corrected chi connectivity index (χ3v) is 4.23. The highest BCUT2D eigenvalue weighted by atomic mass is 16.4. The molecule has 0 heterocycles. The summed E-state index contributed by atoms with van der Waals surface area (Å²) < 4.78 is 0. The zero-order chi connectivity index (χ0) is 12.6. The van der Waals surface area contributed by atoms with E-state index >= 15 is 0 Å². The van der Waals surface area contributed by atoms with Gasteiger partial charge < -0.3 is 5.11 Å². The van der Waals surface area contributed by atoms with Crippen molar-refractivity contribution in [2.45, 2.75) is 40.0 Å². The number of rotatable bonds is 2. The minimum Gasteiger partial charge on any atom is -0.481 e. The second-order valence-corrected chi connectivity index (χ2v) is 5.29. The summed E-state index contributed by atoms with van der Waals surface area (Å²) in [5.41, 5.74) is 5.52. The lowest BCUT2D eigenvalue weighted by Crippen LogP contribution is -2.27. The summed E-state index contributed by atoms with van der Waals surface area (Å²) in [5.74, 6) is -0.604. The van der Waals surface area contributed by atoms with Gasteiger partial charge in [0.1, 0.15) is 0 Å². The van der Waals surface area contributed by atoms with E-state index in [1.54, 1.807) is 0 Å². The fourth-order valence-electron chi connectivity index (χ4n) is 2.88. The average molecular weight is 232 g/mol. The normalized spacial score (nSPS) is 20.8. The molecule has 1 aromatic carbocycles. The van der Waals surface area contributed by atoms with Gasteiger partial charge in [-0.3, -0.25) is 4.79 Å². The molecule has 0 saturated carbocycles. The van der Waals surface area contributed by atoms with Gasteiger partial charge in [-0.15, -0.1) is 0 Å². The van der Waals surface area contributed by atoms with Crippen LogP contribution < -0.4 is 0 Å². The van der Waals surface area contributed by atoms with Crippen molar-refractivity contribution in [2.24, 2.45) is 11.8 Å². The SMILES string of the molecule is Cc1ccc(C)c2c1CC[C@@H]([C@H](C)C(=O)O)C2. The highest BCUT2D eigenvalue weighted by Gasteiger charge is 2.28. The summed E-state index contributed by atoms with van der Waals surface area (Å²) in [6.45, 7) is 6.12. The van der Waals surface area contributed by atoms with Gasteiger partial charge in [-0.2, -0.15) is 0 Å². The Morgan fingerprint density at radius 3 is 2.47 bits per heavy atom. The monoisotopic (exact) mass is 232 g/mol. The third-order valence-electron chi connectivity index (χ3n) is 4.23. The number of hydrogen-bond acceptors (Lipinski definition) is 1. The van der Waals surface area contributed by atoms with Gasteiger partial charge in [0.05, 0.1) is 5.92 Å². The minimum atomic E-state index is -0.663. The molecule has 2 heteroatoms. The number of hydrogen-bond donors (Lipinski definition) is 1. The number of carboxylic acids is 1. The molecule has 17 heavy (non-hydrogen) atoms. The highest BCUT2D eigenvalue weighted by Crippen LogP contribution is 2.33. The Hall–Kier alpha value is -1.31. The quantitative estimate of drug-likeness (QED) is 0.850. The van der Waals surface area contributed by atoms with Crippen LogP contribution in [0.25, 0.3) is 0 Å². The van der Waals surface area contributed by atoms with Gasteiger partial charge in [0.25, 0.3) is 0 Å². The zero-order valence-corrected chi connectivity index (χ0v) is 10.8. The number of aryl methyl sites for hydroxylation is 2. The summed E-state index contributed by atoms with van der Waals surface area (Å²) in [7, 11) is 0. The fraction of sp³-hybridized carbons (Fsp3) is 0.533. The summed E-state index contributed by atoms with van der Waals surface area (Å²) in [4.78, 5) is 11.1. The van der Waals surface area contributed by atoms with Crippen LogP contribution in [0, 0.1) is 25.7 Å². The Labute approximate surface area is 103 Å². The molecule has 2 nitrogen and oxygen atoms in total. The van der Waals surface area contributed by atoms with Crippen molar-refractivity contribution in [1.82, 2.24) is 0 Å². The molecule has 0 amide bonds. The number of benzene rings is 1. The van der Waals surface area contributed by atoms with E-state index in [0.717, 1.165) is 19.3 Å². The number of carbonyl (C=O) groups is 1. The lowest BCUT2D eigenvalue weighted by molar-refractivity contribution is -0.143. The van der Waals surface area contributed by atoms with Gasteiger partial charge in [0.15, 0.2) is 0 Å². The maximum Gasteiger partial charge on any atom is 0.306 e. The number of aliphatic carboxylic acids is 1. The summed E-state index contributed by atoms with van der Waals surface area (Å²) in [5, 5.41) is 9.11. The Bertz CT molecular complexity index is 448. The molecule has 2 atom stereocenters. The Balaban J connectivity index is 2.30.